The zero-order chi connectivity index (χ0) is 22.9. The first-order chi connectivity index (χ1) is 15.4. The van der Waals surface area contributed by atoms with Crippen molar-refractivity contribution < 1.29 is 33.0 Å². The van der Waals surface area contributed by atoms with E-state index in [1.165, 1.54) is 0 Å². The van der Waals surface area contributed by atoms with Gasteiger partial charge < -0.3 is 30.5 Å². The van der Waals surface area contributed by atoms with Gasteiger partial charge in [0.1, 0.15) is 17.7 Å². The molecule has 2 fully saturated rings. The lowest BCUT2D eigenvalue weighted by Crippen LogP contribution is -2.53. The normalized spacial score (nSPS) is 24.0. The summed E-state index contributed by atoms with van der Waals surface area (Å²) in [6.45, 7) is 2.96. The highest BCUT2D eigenvalue weighted by Crippen LogP contribution is 2.22. The predicted octanol–water partition coefficient (Wildman–Crippen LogP) is 0.833. The van der Waals surface area contributed by atoms with E-state index in [-0.39, 0.29) is 43.4 Å². The molecule has 2 heterocycles. The molecular formula is C21H30F2N4O5. The number of halogens is 2. The molecular weight excluding hydrogens is 426 g/mol. The van der Waals surface area contributed by atoms with Crippen molar-refractivity contribution in [1.29, 1.82) is 0 Å². The first kappa shape index (κ1) is 24.3. The number of aliphatic hydroxyl groups excluding tert-OH is 1. The van der Waals surface area contributed by atoms with Gasteiger partial charge in [-0.15, -0.1) is 0 Å². The van der Waals surface area contributed by atoms with Gasteiger partial charge in [0, 0.05) is 25.7 Å². The van der Waals surface area contributed by atoms with Crippen molar-refractivity contribution in [2.75, 3.05) is 51.3 Å². The minimum atomic E-state index is -0.732. The molecule has 2 aliphatic heterocycles. The van der Waals surface area contributed by atoms with Crippen molar-refractivity contribution in [3.05, 3.63) is 29.8 Å². The third-order valence-electron chi connectivity index (χ3n) is 5.54. The molecule has 2 aliphatic rings. The van der Waals surface area contributed by atoms with Crippen LogP contribution in [0.4, 0.5) is 19.3 Å². The quantitative estimate of drug-likeness (QED) is 0.461. The Hall–Kier alpha value is -2.34. The topological polar surface area (TPSA) is 112 Å². The lowest BCUT2D eigenvalue weighted by Gasteiger charge is -2.36. The average molecular weight is 456 g/mol. The van der Waals surface area contributed by atoms with Gasteiger partial charge in [0.2, 0.25) is 5.91 Å². The van der Waals surface area contributed by atoms with Crippen molar-refractivity contribution in [3.63, 3.8) is 0 Å². The number of anilines is 1. The van der Waals surface area contributed by atoms with Crippen LogP contribution in [-0.4, -0.2) is 86.2 Å². The van der Waals surface area contributed by atoms with Gasteiger partial charge in [0.25, 0.3) is 0 Å². The van der Waals surface area contributed by atoms with Crippen LogP contribution < -0.4 is 16.0 Å². The van der Waals surface area contributed by atoms with Crippen molar-refractivity contribution in [3.8, 4) is 0 Å². The molecule has 4 N–H and O–H groups in total. The fraction of sp³-hybridized carbons (Fsp3) is 0.619. The van der Waals surface area contributed by atoms with Gasteiger partial charge >= 0.3 is 6.03 Å². The molecule has 178 valence electrons. The summed E-state index contributed by atoms with van der Waals surface area (Å²) in [4.78, 5) is 26.3. The van der Waals surface area contributed by atoms with E-state index in [0.717, 1.165) is 18.2 Å². The van der Waals surface area contributed by atoms with Gasteiger partial charge in [0.15, 0.2) is 0 Å². The first-order valence-electron chi connectivity index (χ1n) is 10.8. The molecule has 0 aromatic heterocycles. The van der Waals surface area contributed by atoms with E-state index in [2.05, 4.69) is 16.0 Å². The van der Waals surface area contributed by atoms with Gasteiger partial charge in [-0.1, -0.05) is 0 Å². The molecule has 0 saturated carbocycles. The highest BCUT2D eigenvalue weighted by molar-refractivity contribution is 5.89. The van der Waals surface area contributed by atoms with E-state index in [0.29, 0.717) is 45.6 Å². The number of hydrogen-bond donors (Lipinski definition) is 4. The zero-order valence-electron chi connectivity index (χ0n) is 17.8. The van der Waals surface area contributed by atoms with Crippen LogP contribution in [0.15, 0.2) is 18.2 Å². The smallest absolute Gasteiger partial charge is 0.319 e. The Kier molecular flexibility index (Phi) is 9.15. The molecule has 0 spiro atoms. The Bertz CT molecular complexity index is 779. The largest absolute Gasteiger partial charge is 0.394 e. The Morgan fingerprint density at radius 2 is 1.97 bits per heavy atom. The second-order valence-corrected chi connectivity index (χ2v) is 7.91. The minimum Gasteiger partial charge on any atom is -0.394 e. The number of carbonyl (C=O) groups is 2. The molecule has 0 aliphatic carbocycles. The molecule has 1 aromatic carbocycles. The number of ether oxygens (including phenoxy) is 2. The van der Waals surface area contributed by atoms with E-state index < -0.39 is 23.8 Å². The second kappa shape index (κ2) is 12.0. The van der Waals surface area contributed by atoms with Gasteiger partial charge in [-0.3, -0.25) is 9.69 Å². The van der Waals surface area contributed by atoms with Crippen LogP contribution in [0.2, 0.25) is 0 Å². The molecule has 3 atom stereocenters. The predicted molar refractivity (Wildman–Crippen MR) is 112 cm³/mol. The van der Waals surface area contributed by atoms with Crippen LogP contribution in [0, 0.1) is 11.6 Å². The third kappa shape index (κ3) is 7.37. The van der Waals surface area contributed by atoms with E-state index in [4.69, 9.17) is 9.47 Å². The van der Waals surface area contributed by atoms with Crippen molar-refractivity contribution in [1.82, 2.24) is 15.5 Å². The maximum absolute atomic E-state index is 13.6. The number of nitrogens with one attached hydrogen (secondary N) is 3. The number of amides is 3. The maximum Gasteiger partial charge on any atom is 0.319 e. The lowest BCUT2D eigenvalue weighted by molar-refractivity contribution is -0.130. The third-order valence-corrected chi connectivity index (χ3v) is 5.54. The number of urea groups is 1. The van der Waals surface area contributed by atoms with Crippen molar-refractivity contribution in [2.45, 2.75) is 37.5 Å². The molecule has 2 saturated heterocycles. The fourth-order valence-corrected chi connectivity index (χ4v) is 3.83. The highest BCUT2D eigenvalue weighted by Gasteiger charge is 2.32. The van der Waals surface area contributed by atoms with E-state index in [1.807, 2.05) is 4.90 Å². The Morgan fingerprint density at radius 1 is 1.19 bits per heavy atom. The van der Waals surface area contributed by atoms with Crippen LogP contribution in [0.3, 0.4) is 0 Å². The van der Waals surface area contributed by atoms with Crippen LogP contribution in [0.25, 0.3) is 0 Å². The summed E-state index contributed by atoms with van der Waals surface area (Å²) in [6, 6.07) is 1.87. The van der Waals surface area contributed by atoms with Gasteiger partial charge in [0.05, 0.1) is 44.2 Å². The SMILES string of the molecule is O=C(CN1CCOCC1)N[C@@H]1CC[C@H](CCNC(=O)Nc2cc(F)ccc2F)O[C@H]1CO. The first-order valence-corrected chi connectivity index (χ1v) is 10.8. The maximum atomic E-state index is 13.6. The Balaban J connectivity index is 1.37. The molecule has 0 bridgehead atoms. The van der Waals surface area contributed by atoms with Crippen molar-refractivity contribution >= 4 is 17.6 Å². The molecule has 3 rings (SSSR count). The van der Waals surface area contributed by atoms with Crippen LogP contribution in [0.1, 0.15) is 19.3 Å². The van der Waals surface area contributed by atoms with Gasteiger partial charge in [-0.2, -0.15) is 0 Å². The number of hydrogen-bond acceptors (Lipinski definition) is 6. The lowest BCUT2D eigenvalue weighted by atomic mass is 9.97. The van der Waals surface area contributed by atoms with Crippen molar-refractivity contribution in [2.24, 2.45) is 0 Å². The number of carbonyl (C=O) groups excluding carboxylic acids is 2. The monoisotopic (exact) mass is 456 g/mol. The summed E-state index contributed by atoms with van der Waals surface area (Å²) in [6.07, 6.45) is 1.04. The highest BCUT2D eigenvalue weighted by atomic mass is 19.1. The van der Waals surface area contributed by atoms with E-state index in [9.17, 15) is 23.5 Å². The van der Waals surface area contributed by atoms with Crippen LogP contribution in [0.5, 0.6) is 0 Å². The summed E-state index contributed by atoms with van der Waals surface area (Å²) in [7, 11) is 0. The molecule has 1 aromatic rings. The molecule has 0 radical (unpaired) electrons. The van der Waals surface area contributed by atoms with Gasteiger partial charge in [-0.25, -0.2) is 13.6 Å². The molecule has 32 heavy (non-hydrogen) atoms. The number of morpholine rings is 1. The van der Waals surface area contributed by atoms with E-state index >= 15 is 0 Å². The van der Waals surface area contributed by atoms with Crippen LogP contribution >= 0.6 is 0 Å². The fourth-order valence-electron chi connectivity index (χ4n) is 3.83. The average Bonchev–Trinajstić information content (AvgIpc) is 2.78. The molecule has 0 unspecified atom stereocenters. The molecule has 11 heteroatoms. The number of aliphatic hydroxyl groups is 1. The summed E-state index contributed by atoms with van der Waals surface area (Å²) in [5.74, 6) is -1.50. The number of nitrogens with zero attached hydrogens (tertiary/aromatic N) is 1. The Labute approximate surface area is 185 Å². The van der Waals surface area contributed by atoms with Crippen LogP contribution in [-0.2, 0) is 14.3 Å². The summed E-state index contributed by atoms with van der Waals surface area (Å²) < 4.78 is 37.9. The second-order valence-electron chi connectivity index (χ2n) is 7.91. The van der Waals surface area contributed by atoms with E-state index in [1.54, 1.807) is 0 Å². The molecule has 3 amide bonds. The Morgan fingerprint density at radius 3 is 2.72 bits per heavy atom. The number of benzene rings is 1. The summed E-state index contributed by atoms with van der Waals surface area (Å²) >= 11 is 0. The zero-order valence-corrected chi connectivity index (χ0v) is 17.8. The minimum absolute atomic E-state index is 0.111. The number of rotatable bonds is 8. The summed E-state index contributed by atoms with van der Waals surface area (Å²) in [5.41, 5.74) is -0.243. The standard InChI is InChI=1S/C21H30F2N4O5/c22-14-1-3-16(23)18(11-14)26-21(30)24-6-5-15-2-4-17(19(13-28)32-15)25-20(29)12-27-7-9-31-10-8-27/h1,3,11,15,17,19,28H,2,4-10,12-13H2,(H,25,29)(H2,24,26,30)/t15-,17-,19+/m1/s1. The summed E-state index contributed by atoms with van der Waals surface area (Å²) in [5, 5.41) is 17.5. The molecule has 9 nitrogen and oxygen atoms in total. The van der Waals surface area contributed by atoms with Gasteiger partial charge in [-0.05, 0) is 31.4 Å².